The van der Waals surface area contributed by atoms with Crippen molar-refractivity contribution in [1.82, 2.24) is 16.0 Å². The maximum absolute atomic E-state index is 12.3. The molecule has 1 saturated heterocycles. The van der Waals surface area contributed by atoms with Crippen molar-refractivity contribution >= 4 is 63.4 Å². The summed E-state index contributed by atoms with van der Waals surface area (Å²) in [7, 11) is 30.1. The molecule has 0 amide bonds. The summed E-state index contributed by atoms with van der Waals surface area (Å²) in [5.41, 5.74) is 1.98. The number of halogens is 2. The molecule has 0 aromatic heterocycles. The molecule has 0 aliphatic carbocycles. The first-order valence-corrected chi connectivity index (χ1v) is 36.5. The number of methoxy groups -OCH3 is 2. The highest BCUT2D eigenvalue weighted by Gasteiger charge is 2.52. The lowest BCUT2D eigenvalue weighted by Crippen LogP contribution is -2.63. The average Bonchev–Trinajstić information content (AvgIpc) is 1.57. The molecule has 0 radical (unpaired) electrons. The number of carbonyl (C=O) groups is 2. The molecule has 7 N–H and O–H groups in total. The molecule has 3 atom stereocenters. The number of aliphatic hydroxyl groups is 3. The van der Waals surface area contributed by atoms with Gasteiger partial charge in [-0.05, 0) is 143 Å². The molecule has 19 nitrogen and oxygen atoms in total. The minimum Gasteiger partial charge on any atom is -0.508 e. The summed E-state index contributed by atoms with van der Waals surface area (Å²) in [4.78, 5) is 28.6. The fraction of sp³-hybridized carbons (Fsp3) is 0.476. The number of esters is 2. The number of hydrogen-bond donors (Lipinski definition) is 7. The molecule has 105 heavy (non-hydrogen) atoms. The minimum absolute atomic E-state index is 0.222. The van der Waals surface area contributed by atoms with Gasteiger partial charge in [-0.25, -0.2) is 4.58 Å². The van der Waals surface area contributed by atoms with Gasteiger partial charge in [-0.3, -0.25) is 25.2 Å². The standard InChI is InChI=1S/C20H32NO4.C16H28NO3.C14H14N2.C12H19NO2.C12H20NO.C10H11Cl2N3/c1-14(2)18(22)24-16-10-9-15(11-12-21(6,7)8)13-17(16)25-19(23)20(3,4)5;1-15(2,17(4,5)6)16(3,18)13-11-12(19-7)9-10-14(13)20-8;1-2-7-13-11(4-1)5-3-6-12(13)10-14-15-8-9-16-14;1-12(15,9-13(2,3)4)10-5-7-11(14)8-6-10;1-12(14,10-13(2,3)4)11-8-6-5-7-9-11;1-15(10-13-5-6-14-10)9-7(11)3-2-4-8(9)12/h9-10,13-14H,11-12H2,1-8H3;9-11,18H,1-8H3;1-7H,8-10H2,(H,15,16);5-8,15H,9H2,1-4H3;5-9,14H,10H2,1-4H3;2-4H,5-6H2,1H3,(H,13,14)/q2*+1;;;+1;/p+2. The summed E-state index contributed by atoms with van der Waals surface area (Å²) in [5, 5.41) is 54.7. The predicted molar refractivity (Wildman–Crippen MR) is 431 cm³/mol. The molecule has 2 aliphatic rings. The molecule has 2 aliphatic heterocycles. The number of nitrogens with zero attached hydrogens (tertiary/aromatic N) is 6. The molecule has 21 heteroatoms. The summed E-state index contributed by atoms with van der Waals surface area (Å²) in [6.07, 6.45) is 1.75. The van der Waals surface area contributed by atoms with Gasteiger partial charge in [0.15, 0.2) is 11.5 Å². The van der Waals surface area contributed by atoms with Crippen molar-refractivity contribution in [1.29, 1.82) is 0 Å². The predicted octanol–water partition coefficient (Wildman–Crippen LogP) is 13.0. The number of benzene rings is 7. The molecule has 7 aromatic carbocycles. The Morgan fingerprint density at radius 3 is 1.60 bits per heavy atom. The first kappa shape index (κ1) is 89.6. The number of phenols is 1. The second-order valence-electron chi connectivity index (χ2n) is 33.2. The zero-order chi connectivity index (χ0) is 79.3. The molecule has 0 spiro atoms. The first-order valence-electron chi connectivity index (χ1n) is 35.7. The quantitative estimate of drug-likeness (QED) is 0.0165. The number of hydrogen-bond acceptors (Lipinski definition) is 12. The summed E-state index contributed by atoms with van der Waals surface area (Å²) >= 11 is 12.2. The Kier molecular flexibility index (Phi) is 32.5. The highest BCUT2D eigenvalue weighted by Crippen LogP contribution is 2.44. The summed E-state index contributed by atoms with van der Waals surface area (Å²) < 4.78 is 26.4. The van der Waals surface area contributed by atoms with Crippen molar-refractivity contribution in [3.05, 3.63) is 190 Å². The monoisotopic (exact) mass is 1490 g/mol. The number of carbonyl (C=O) groups excluding carboxylic acids is 2. The number of guanidine groups is 1. The van der Waals surface area contributed by atoms with Gasteiger partial charge in [0.2, 0.25) is 0 Å². The van der Waals surface area contributed by atoms with Crippen molar-refractivity contribution in [3.63, 3.8) is 0 Å². The van der Waals surface area contributed by atoms with E-state index in [1.165, 1.54) is 16.3 Å². The Morgan fingerprint density at radius 1 is 0.581 bits per heavy atom. The van der Waals surface area contributed by atoms with Crippen LogP contribution in [0.2, 0.25) is 10.0 Å². The van der Waals surface area contributed by atoms with Crippen molar-refractivity contribution in [2.45, 2.75) is 104 Å². The van der Waals surface area contributed by atoms with Gasteiger partial charge in [-0.2, -0.15) is 0 Å². The molecule has 7 aromatic rings. The number of fused-ring (bicyclic) bond motifs is 1. The Morgan fingerprint density at radius 2 is 1.10 bits per heavy atom. The second kappa shape index (κ2) is 38.1. The zero-order valence-electron chi connectivity index (χ0n) is 67.6. The zero-order valence-corrected chi connectivity index (χ0v) is 69.1. The number of para-hydroxylation sites is 1. The smallest absolute Gasteiger partial charge is 0.350 e. The summed E-state index contributed by atoms with van der Waals surface area (Å²) in [5.74, 6) is 3.25. The van der Waals surface area contributed by atoms with Crippen LogP contribution in [0, 0.1) is 11.3 Å². The van der Waals surface area contributed by atoms with Crippen LogP contribution < -0.4 is 34.9 Å². The van der Waals surface area contributed by atoms with E-state index in [4.69, 9.17) is 47.3 Å². The van der Waals surface area contributed by atoms with Gasteiger partial charge in [0.25, 0.3) is 0 Å². The van der Waals surface area contributed by atoms with E-state index in [0.29, 0.717) is 49.3 Å². The van der Waals surface area contributed by atoms with Crippen LogP contribution in [-0.2, 0) is 39.2 Å². The molecule has 3 unspecified atom stereocenters. The van der Waals surface area contributed by atoms with E-state index < -0.39 is 27.8 Å². The van der Waals surface area contributed by atoms with Crippen molar-refractivity contribution in [2.75, 3.05) is 152 Å². The fourth-order valence-electron chi connectivity index (χ4n) is 11.4. The highest BCUT2D eigenvalue weighted by molar-refractivity contribution is 6.38. The number of phenolic OH excluding ortho intramolecular Hbond substituents is 1. The Labute approximate surface area is 638 Å². The maximum Gasteiger partial charge on any atom is 0.350 e. The van der Waals surface area contributed by atoms with Crippen LogP contribution in [0.15, 0.2) is 157 Å². The van der Waals surface area contributed by atoms with Gasteiger partial charge in [0.1, 0.15) is 64.2 Å². The summed E-state index contributed by atoms with van der Waals surface area (Å²) in [6, 6.07) is 47.9. The van der Waals surface area contributed by atoms with Gasteiger partial charge in [0.05, 0.1) is 153 Å². The fourth-order valence-corrected chi connectivity index (χ4v) is 12.1. The molecular formula is C84H126Cl2N9O10+5. The molecular weight excluding hydrogens is 1370 g/mol. The summed E-state index contributed by atoms with van der Waals surface area (Å²) in [6.45, 7) is 24.5. The first-order chi connectivity index (χ1) is 48.4. The van der Waals surface area contributed by atoms with Crippen molar-refractivity contribution in [2.24, 2.45) is 16.3 Å². The Bertz CT molecular complexity index is 3960. The van der Waals surface area contributed by atoms with Crippen LogP contribution in [0.3, 0.4) is 0 Å². The molecule has 2 heterocycles. The minimum atomic E-state index is -1.08. The van der Waals surface area contributed by atoms with E-state index in [-0.39, 0.29) is 29.4 Å². The molecule has 1 fully saturated rings. The average molecular weight is 1490 g/mol. The largest absolute Gasteiger partial charge is 0.508 e. The number of quaternary nitrogens is 4. The molecule has 0 bridgehead atoms. The van der Waals surface area contributed by atoms with Crippen LogP contribution in [0.1, 0.15) is 97.1 Å². The van der Waals surface area contributed by atoms with E-state index in [1.807, 2.05) is 133 Å². The molecule has 0 saturated carbocycles. The van der Waals surface area contributed by atoms with Gasteiger partial charge in [-0.15, -0.1) is 0 Å². The third kappa shape index (κ3) is 28.4. The van der Waals surface area contributed by atoms with Crippen LogP contribution in [0.4, 0.5) is 5.69 Å². The lowest BCUT2D eigenvalue weighted by atomic mass is 9.76. The van der Waals surface area contributed by atoms with Crippen LogP contribution >= 0.6 is 23.2 Å². The number of aromatic hydroxyl groups is 1. The van der Waals surface area contributed by atoms with E-state index >= 15 is 0 Å². The Balaban J connectivity index is 0.000000270. The van der Waals surface area contributed by atoms with Gasteiger partial charge >= 0.3 is 17.9 Å². The van der Waals surface area contributed by atoms with Gasteiger partial charge in [-0.1, -0.05) is 134 Å². The van der Waals surface area contributed by atoms with E-state index in [1.54, 1.807) is 92.2 Å². The number of ether oxygens (including phenoxy) is 4. The topological polar surface area (TPSA) is 203 Å². The van der Waals surface area contributed by atoms with Gasteiger partial charge in [0, 0.05) is 24.9 Å². The third-order valence-electron chi connectivity index (χ3n) is 18.1. The van der Waals surface area contributed by atoms with Gasteiger partial charge < -0.3 is 62.6 Å². The van der Waals surface area contributed by atoms with Crippen LogP contribution in [-0.4, -0.2) is 224 Å². The molecule has 9 rings (SSSR count). The number of amidine groups is 1. The lowest BCUT2D eigenvalue weighted by Gasteiger charge is -2.50. The second-order valence-corrected chi connectivity index (χ2v) is 34.0. The van der Waals surface area contributed by atoms with E-state index in [2.05, 4.69) is 127 Å². The van der Waals surface area contributed by atoms with E-state index in [9.17, 15) is 24.9 Å². The van der Waals surface area contributed by atoms with Crippen LogP contribution in [0.25, 0.3) is 10.8 Å². The highest BCUT2D eigenvalue weighted by atomic mass is 35.5. The van der Waals surface area contributed by atoms with Crippen molar-refractivity contribution in [3.8, 4) is 28.7 Å². The number of likely N-dealkylation sites (N-methyl/N-ethyl adjacent to an activating group) is 4. The van der Waals surface area contributed by atoms with Crippen molar-refractivity contribution < 1.29 is 71.5 Å². The Hall–Kier alpha value is -7.82. The number of rotatable bonds is 20. The number of nitrogens with one attached hydrogen (secondary N) is 3. The normalized spacial score (nSPS) is 14.7. The van der Waals surface area contributed by atoms with E-state index in [0.717, 1.165) is 94.3 Å². The third-order valence-corrected chi connectivity index (χ3v) is 18.7. The SMILES string of the molecule is CC(C)C(=O)Oc1ccc(CC[N+](C)(C)C)cc1OC(=O)C(C)(C)C.CC(O)(C[N+](C)(C)C)c1ccc(O)cc1.CC(O)(C[N+](C)(C)C)c1ccccc1.COc1ccc(OC)c(C(C)(O)C(C)(C)[N+](C)(C)C)c1.C[N+](=C1NCCN1)c1c(Cl)cccc1Cl.c1ccc2c(CC3=NCCN3)cccc2c1. The van der Waals surface area contributed by atoms with Crippen LogP contribution in [0.5, 0.6) is 28.7 Å². The number of aliphatic imine (C=N–C) groups is 1. The lowest BCUT2D eigenvalue weighted by molar-refractivity contribution is -0.929. The molecule has 576 valence electrons. The maximum atomic E-state index is 12.3.